The van der Waals surface area contributed by atoms with Crippen molar-refractivity contribution in [3.63, 3.8) is 0 Å². The Hall–Kier alpha value is -2.53. The molecule has 1 aliphatic rings. The monoisotopic (exact) mass is 543 g/mol. The summed E-state index contributed by atoms with van der Waals surface area (Å²) in [5, 5.41) is 4.04. The summed E-state index contributed by atoms with van der Waals surface area (Å²) in [6, 6.07) is 12.6. The van der Waals surface area contributed by atoms with Crippen LogP contribution in [-0.2, 0) is 10.0 Å². The number of carbonyl (C=O) groups is 1. The Labute approximate surface area is 224 Å². The predicted molar refractivity (Wildman–Crippen MR) is 151 cm³/mol. The third-order valence-electron chi connectivity index (χ3n) is 6.76. The first-order valence-electron chi connectivity index (χ1n) is 13.0. The van der Waals surface area contributed by atoms with Crippen LogP contribution in [0.4, 0.5) is 5.13 Å². The van der Waals surface area contributed by atoms with Crippen LogP contribution in [0.3, 0.4) is 0 Å². The number of nitrogens with zero attached hydrogens (tertiary/aromatic N) is 4. The molecule has 1 saturated heterocycles. The van der Waals surface area contributed by atoms with Crippen LogP contribution in [0.5, 0.6) is 0 Å². The van der Waals surface area contributed by atoms with Crippen molar-refractivity contribution in [1.82, 2.24) is 19.5 Å². The van der Waals surface area contributed by atoms with Gasteiger partial charge in [0, 0.05) is 57.9 Å². The molecule has 1 aromatic heterocycles. The van der Waals surface area contributed by atoms with Crippen molar-refractivity contribution in [3.05, 3.63) is 53.6 Å². The number of fused-ring (bicyclic) bond motifs is 1. The van der Waals surface area contributed by atoms with E-state index in [1.165, 1.54) is 26.7 Å². The number of thiazole rings is 1. The van der Waals surface area contributed by atoms with Crippen molar-refractivity contribution in [3.8, 4) is 0 Å². The topological polar surface area (TPSA) is 85.8 Å². The molecule has 0 saturated carbocycles. The van der Waals surface area contributed by atoms with E-state index in [1.807, 2.05) is 13.8 Å². The van der Waals surface area contributed by atoms with E-state index in [2.05, 4.69) is 40.2 Å². The van der Waals surface area contributed by atoms with Gasteiger partial charge < -0.3 is 10.2 Å². The second kappa shape index (κ2) is 12.3. The largest absolute Gasteiger partial charge is 0.351 e. The van der Waals surface area contributed by atoms with Gasteiger partial charge in [-0.2, -0.15) is 4.31 Å². The number of aromatic nitrogens is 1. The highest BCUT2D eigenvalue weighted by molar-refractivity contribution is 7.89. The number of anilines is 1. The van der Waals surface area contributed by atoms with E-state index in [1.54, 1.807) is 23.5 Å². The second-order valence-corrected chi connectivity index (χ2v) is 12.4. The minimum absolute atomic E-state index is 0.189. The third kappa shape index (κ3) is 6.67. The number of nitrogens with one attached hydrogen (secondary N) is 1. The number of hydrogen-bond acceptors (Lipinski definition) is 7. The molecular formula is C27H37N5O3S2. The molecule has 8 nitrogen and oxygen atoms in total. The molecule has 2 aromatic carbocycles. The fourth-order valence-corrected chi connectivity index (χ4v) is 7.06. The summed E-state index contributed by atoms with van der Waals surface area (Å²) in [6.45, 7) is 11.9. The maximum Gasteiger partial charge on any atom is 0.251 e. The fourth-order valence-electron chi connectivity index (χ4n) is 4.46. The van der Waals surface area contributed by atoms with Gasteiger partial charge in [-0.25, -0.2) is 13.4 Å². The SMILES string of the molecule is CCCCN(CC)S(=O)(=O)c1ccc(C(=O)NCCN2CCN(c3nc4ccc(C)cc4s3)CC2)cc1. The van der Waals surface area contributed by atoms with Crippen LogP contribution in [0.1, 0.15) is 42.6 Å². The molecule has 0 bridgehead atoms. The van der Waals surface area contributed by atoms with E-state index in [4.69, 9.17) is 4.98 Å². The van der Waals surface area contributed by atoms with Crippen LogP contribution in [0, 0.1) is 6.92 Å². The Balaban J connectivity index is 1.23. The third-order valence-corrected chi connectivity index (χ3v) is 9.82. The quantitative estimate of drug-likeness (QED) is 0.394. The number of carbonyl (C=O) groups excluding carboxylic acids is 1. The van der Waals surface area contributed by atoms with Crippen molar-refractivity contribution >= 4 is 42.6 Å². The van der Waals surface area contributed by atoms with E-state index in [9.17, 15) is 13.2 Å². The number of benzene rings is 2. The highest BCUT2D eigenvalue weighted by Gasteiger charge is 2.23. The van der Waals surface area contributed by atoms with Gasteiger partial charge in [-0.05, 0) is 55.3 Å². The zero-order valence-corrected chi connectivity index (χ0v) is 23.6. The first kappa shape index (κ1) is 27.5. The highest BCUT2D eigenvalue weighted by Crippen LogP contribution is 2.30. The summed E-state index contributed by atoms with van der Waals surface area (Å²) in [4.78, 5) is 22.3. The van der Waals surface area contributed by atoms with Gasteiger partial charge in [0.15, 0.2) is 5.13 Å². The summed E-state index contributed by atoms with van der Waals surface area (Å²) in [5.74, 6) is -0.189. The lowest BCUT2D eigenvalue weighted by Gasteiger charge is -2.34. The first-order chi connectivity index (χ1) is 17.8. The smallest absolute Gasteiger partial charge is 0.251 e. The zero-order valence-electron chi connectivity index (χ0n) is 21.9. The molecule has 1 amide bonds. The normalized spacial score (nSPS) is 15.0. The lowest BCUT2D eigenvalue weighted by Crippen LogP contribution is -2.48. The lowest BCUT2D eigenvalue weighted by atomic mass is 10.2. The summed E-state index contributed by atoms with van der Waals surface area (Å²) in [7, 11) is -3.54. The van der Waals surface area contributed by atoms with Crippen molar-refractivity contribution in [2.75, 3.05) is 57.3 Å². The van der Waals surface area contributed by atoms with Crippen molar-refractivity contribution in [2.45, 2.75) is 38.5 Å². The number of aryl methyl sites for hydroxylation is 1. The van der Waals surface area contributed by atoms with Gasteiger partial charge in [0.1, 0.15) is 0 Å². The first-order valence-corrected chi connectivity index (χ1v) is 15.3. The summed E-state index contributed by atoms with van der Waals surface area (Å²) in [6.07, 6.45) is 1.76. The number of piperazine rings is 1. The van der Waals surface area contributed by atoms with Gasteiger partial charge in [-0.15, -0.1) is 0 Å². The van der Waals surface area contributed by atoms with E-state index in [0.717, 1.165) is 56.2 Å². The molecule has 1 aliphatic heterocycles. The van der Waals surface area contributed by atoms with Crippen LogP contribution in [0.15, 0.2) is 47.4 Å². The Morgan fingerprint density at radius 1 is 1.08 bits per heavy atom. The minimum atomic E-state index is -3.54. The Morgan fingerprint density at radius 2 is 1.81 bits per heavy atom. The number of hydrogen-bond donors (Lipinski definition) is 1. The summed E-state index contributed by atoms with van der Waals surface area (Å²) in [5.41, 5.74) is 2.77. The minimum Gasteiger partial charge on any atom is -0.351 e. The van der Waals surface area contributed by atoms with Crippen molar-refractivity contribution in [2.24, 2.45) is 0 Å². The molecule has 0 unspecified atom stereocenters. The van der Waals surface area contributed by atoms with Crippen LogP contribution in [0.25, 0.3) is 10.2 Å². The van der Waals surface area contributed by atoms with Crippen molar-refractivity contribution < 1.29 is 13.2 Å². The van der Waals surface area contributed by atoms with Gasteiger partial charge >= 0.3 is 0 Å². The van der Waals surface area contributed by atoms with E-state index in [-0.39, 0.29) is 10.8 Å². The van der Waals surface area contributed by atoms with Gasteiger partial charge in [0.05, 0.1) is 15.1 Å². The van der Waals surface area contributed by atoms with Crippen LogP contribution in [0.2, 0.25) is 0 Å². The Bertz CT molecular complexity index is 1300. The highest BCUT2D eigenvalue weighted by atomic mass is 32.2. The maximum absolute atomic E-state index is 12.9. The number of unbranched alkanes of at least 4 members (excludes halogenated alkanes) is 1. The standard InChI is InChI=1S/C27H37N5O3S2/c1-4-6-14-32(5-2)37(34,35)23-10-8-22(9-11-23)26(33)28-13-15-30-16-18-31(19-17-30)27-29-24-12-7-21(3)20-25(24)36-27/h7-12,20H,4-6,13-19H2,1-3H3,(H,28,33). The van der Waals surface area contributed by atoms with Crippen LogP contribution < -0.4 is 10.2 Å². The Kier molecular flexibility index (Phi) is 9.17. The van der Waals surface area contributed by atoms with Gasteiger partial charge in [0.25, 0.3) is 5.91 Å². The zero-order chi connectivity index (χ0) is 26.4. The fraction of sp³-hybridized carbons (Fsp3) is 0.481. The van der Waals surface area contributed by atoms with Crippen molar-refractivity contribution in [1.29, 1.82) is 0 Å². The molecule has 1 N–H and O–H groups in total. The number of amides is 1. The lowest BCUT2D eigenvalue weighted by molar-refractivity contribution is 0.0947. The van der Waals surface area contributed by atoms with Crippen LogP contribution in [-0.4, -0.2) is 80.9 Å². The average molecular weight is 544 g/mol. The predicted octanol–water partition coefficient (Wildman–Crippen LogP) is 3.97. The molecule has 0 atom stereocenters. The number of sulfonamides is 1. The van der Waals surface area contributed by atoms with Gasteiger partial charge in [-0.1, -0.05) is 37.7 Å². The van der Waals surface area contributed by atoms with Gasteiger partial charge in [-0.3, -0.25) is 9.69 Å². The van der Waals surface area contributed by atoms with Gasteiger partial charge in [0.2, 0.25) is 10.0 Å². The average Bonchev–Trinajstić information content (AvgIpc) is 3.32. The summed E-state index contributed by atoms with van der Waals surface area (Å²) >= 11 is 1.75. The molecule has 200 valence electrons. The molecule has 4 rings (SSSR count). The molecule has 0 spiro atoms. The molecule has 0 radical (unpaired) electrons. The van der Waals surface area contributed by atoms with E-state index >= 15 is 0 Å². The maximum atomic E-state index is 12.9. The Morgan fingerprint density at radius 3 is 2.49 bits per heavy atom. The molecular weight excluding hydrogens is 506 g/mol. The second-order valence-electron chi connectivity index (χ2n) is 9.43. The molecule has 1 fully saturated rings. The molecule has 37 heavy (non-hydrogen) atoms. The van der Waals surface area contributed by atoms with E-state index < -0.39 is 10.0 Å². The van der Waals surface area contributed by atoms with Crippen LogP contribution >= 0.6 is 11.3 Å². The molecule has 10 heteroatoms. The van der Waals surface area contributed by atoms with E-state index in [0.29, 0.717) is 25.2 Å². The molecule has 2 heterocycles. The molecule has 0 aliphatic carbocycles. The number of rotatable bonds is 11. The molecule has 3 aromatic rings. The summed E-state index contributed by atoms with van der Waals surface area (Å²) < 4.78 is 28.5.